The van der Waals surface area contributed by atoms with Gasteiger partial charge in [-0.25, -0.2) is 39.9 Å². The molecule has 2 N–H and O–H groups in total. The van der Waals surface area contributed by atoms with Crippen molar-refractivity contribution in [2.45, 2.75) is 108 Å². The molecule has 0 bridgehead atoms. The van der Waals surface area contributed by atoms with Crippen LogP contribution in [0.2, 0.25) is 0 Å². The van der Waals surface area contributed by atoms with Gasteiger partial charge in [-0.05, 0) is 73.4 Å². The monoisotopic (exact) mass is 746 g/mol. The zero-order chi connectivity index (χ0) is 36.8. The van der Waals surface area contributed by atoms with E-state index in [9.17, 15) is 10.1 Å². The molecule has 15 nitrogen and oxygen atoms in total. The van der Waals surface area contributed by atoms with Crippen LogP contribution >= 0.6 is 11.8 Å². The average Bonchev–Trinajstić information content (AvgIpc) is 3.54. The lowest BCUT2D eigenvalue weighted by atomic mass is 10.2. The Labute approximate surface area is 317 Å². The summed E-state index contributed by atoms with van der Waals surface area (Å²) in [6, 6.07) is 5.94. The summed E-state index contributed by atoms with van der Waals surface area (Å²) in [5.41, 5.74) is 11.1. The van der Waals surface area contributed by atoms with E-state index in [2.05, 4.69) is 57.0 Å². The number of nitrogen functional groups attached to an aromatic ring is 1. The van der Waals surface area contributed by atoms with Crippen molar-refractivity contribution >= 4 is 46.3 Å². The standard InChI is InChI=1S/C17H16N6O3S.C10H15N3.C7H11N3.3CH4/c1-10(2)19-15-13(8-18-11(3)20-15)9-27-17-22-21-16(26-17)12-4-6-14(7-5-12)23(24)25;1-5-9-6-11-8(4)13-10(9)12-7(2)3;1-3-6-4-9-5(2)10-7(6)8;;;/h4-8H,9H2,1-3H3;6H,5H2,1-4H3;4H,3H2,1-2H3,(H2,8,9,10);3*1H4. The SMILES string of the molecule is C.C.C.CC(C)=Nc1nc(C)ncc1CSc1nnc(-c2ccc([N+](=O)[O-])cc2)o1.CCc1cnc(C)nc1N.CCc1cnc(C)nc1N=C(C)C. The summed E-state index contributed by atoms with van der Waals surface area (Å²) in [6.45, 7) is 17.4. The first kappa shape index (κ1) is 47.5. The van der Waals surface area contributed by atoms with E-state index in [1.807, 2.05) is 61.6 Å². The predicted molar refractivity (Wildman–Crippen MR) is 217 cm³/mol. The number of rotatable bonds is 9. The van der Waals surface area contributed by atoms with Crippen LogP contribution < -0.4 is 5.73 Å². The summed E-state index contributed by atoms with van der Waals surface area (Å²) >= 11 is 1.35. The number of hydrogen-bond acceptors (Lipinski definition) is 15. The van der Waals surface area contributed by atoms with Crippen LogP contribution in [0.25, 0.3) is 11.5 Å². The van der Waals surface area contributed by atoms with E-state index >= 15 is 0 Å². The molecule has 0 aliphatic carbocycles. The molecule has 1 aromatic carbocycles. The number of hydrogen-bond donors (Lipinski definition) is 1. The summed E-state index contributed by atoms with van der Waals surface area (Å²) < 4.78 is 5.63. The molecule has 16 heteroatoms. The molecule has 5 aromatic rings. The van der Waals surface area contributed by atoms with Gasteiger partial charge in [0.25, 0.3) is 10.9 Å². The first-order valence-corrected chi connectivity index (χ1v) is 16.8. The lowest BCUT2D eigenvalue weighted by Crippen LogP contribution is -1.99. The van der Waals surface area contributed by atoms with Crippen LogP contribution in [0.3, 0.4) is 0 Å². The first-order valence-electron chi connectivity index (χ1n) is 15.8. The maximum absolute atomic E-state index is 10.7. The number of nitro groups is 1. The van der Waals surface area contributed by atoms with E-state index in [-0.39, 0.29) is 28.0 Å². The van der Waals surface area contributed by atoms with Gasteiger partial charge in [-0.3, -0.25) is 10.1 Å². The van der Waals surface area contributed by atoms with Crippen molar-refractivity contribution in [3.63, 3.8) is 0 Å². The van der Waals surface area contributed by atoms with Crippen molar-refractivity contribution in [2.24, 2.45) is 9.98 Å². The van der Waals surface area contributed by atoms with E-state index in [1.165, 1.54) is 23.9 Å². The van der Waals surface area contributed by atoms with Crippen LogP contribution in [-0.2, 0) is 18.6 Å². The lowest BCUT2D eigenvalue weighted by Gasteiger charge is -2.04. The normalized spacial score (nSPS) is 9.68. The fourth-order valence-electron chi connectivity index (χ4n) is 3.97. The third kappa shape index (κ3) is 15.3. The quantitative estimate of drug-likeness (QED) is 0.0645. The maximum Gasteiger partial charge on any atom is 0.277 e. The van der Waals surface area contributed by atoms with Gasteiger partial charge < -0.3 is 10.2 Å². The highest BCUT2D eigenvalue weighted by Crippen LogP contribution is 2.29. The van der Waals surface area contributed by atoms with E-state index in [4.69, 9.17) is 10.2 Å². The summed E-state index contributed by atoms with van der Waals surface area (Å²) in [4.78, 5) is 44.1. The summed E-state index contributed by atoms with van der Waals surface area (Å²) in [6.07, 6.45) is 7.19. The van der Waals surface area contributed by atoms with Crippen molar-refractivity contribution in [2.75, 3.05) is 5.73 Å². The van der Waals surface area contributed by atoms with Crippen molar-refractivity contribution < 1.29 is 9.34 Å². The van der Waals surface area contributed by atoms with Gasteiger partial charge in [-0.1, -0.05) is 47.9 Å². The Balaban J connectivity index is 0.000000870. The molecule has 0 aliphatic rings. The van der Waals surface area contributed by atoms with Gasteiger partial charge in [0.1, 0.15) is 23.3 Å². The van der Waals surface area contributed by atoms with Crippen molar-refractivity contribution in [1.82, 2.24) is 40.1 Å². The molecule has 0 amide bonds. The Morgan fingerprint density at radius 3 is 1.70 bits per heavy atom. The Morgan fingerprint density at radius 1 is 0.755 bits per heavy atom. The van der Waals surface area contributed by atoms with Gasteiger partial charge in [-0.15, -0.1) is 10.2 Å². The molecule has 0 fully saturated rings. The minimum atomic E-state index is -0.458. The number of thioether (sulfide) groups is 1. The minimum absolute atomic E-state index is 0. The van der Waals surface area contributed by atoms with Gasteiger partial charge in [0, 0.05) is 70.2 Å². The number of aryl methyl sites for hydroxylation is 5. The average molecular weight is 747 g/mol. The highest BCUT2D eigenvalue weighted by molar-refractivity contribution is 7.98. The van der Waals surface area contributed by atoms with Crippen LogP contribution in [0, 0.1) is 30.9 Å². The van der Waals surface area contributed by atoms with Crippen LogP contribution in [0.1, 0.15) is 98.0 Å². The Morgan fingerprint density at radius 2 is 1.23 bits per heavy atom. The second-order valence-corrected chi connectivity index (χ2v) is 12.1. The first-order chi connectivity index (χ1) is 23.8. The molecule has 0 atom stereocenters. The lowest BCUT2D eigenvalue weighted by molar-refractivity contribution is -0.384. The van der Waals surface area contributed by atoms with Crippen LogP contribution in [-0.4, -0.2) is 56.4 Å². The van der Waals surface area contributed by atoms with Gasteiger partial charge in [0.2, 0.25) is 5.89 Å². The fourth-order valence-corrected chi connectivity index (χ4v) is 4.69. The largest absolute Gasteiger partial charge is 0.411 e. The summed E-state index contributed by atoms with van der Waals surface area (Å²) in [7, 11) is 0. The van der Waals surface area contributed by atoms with E-state index < -0.39 is 4.92 Å². The number of non-ortho nitro benzene ring substituents is 1. The smallest absolute Gasteiger partial charge is 0.277 e. The molecule has 0 aliphatic heterocycles. The predicted octanol–water partition coefficient (Wildman–Crippen LogP) is 9.45. The molecule has 53 heavy (non-hydrogen) atoms. The molecule has 4 aromatic heterocycles. The third-order valence-electron chi connectivity index (χ3n) is 6.45. The molecule has 0 saturated heterocycles. The topological polar surface area (TPSA) is 210 Å². The highest BCUT2D eigenvalue weighted by Gasteiger charge is 2.13. The number of anilines is 1. The molecule has 0 unspecified atom stereocenters. The van der Waals surface area contributed by atoms with Crippen LogP contribution in [0.15, 0.2) is 62.5 Å². The molecular formula is C37H54N12O3S. The van der Waals surface area contributed by atoms with Crippen molar-refractivity contribution in [3.8, 4) is 11.5 Å². The number of aromatic nitrogens is 8. The summed E-state index contributed by atoms with van der Waals surface area (Å²) in [5.74, 6) is 5.04. The van der Waals surface area contributed by atoms with Crippen LogP contribution in [0.4, 0.5) is 23.1 Å². The molecular weight excluding hydrogens is 693 g/mol. The fraction of sp³-hybridized carbons (Fsp3) is 0.405. The number of aliphatic imine (C=N–C) groups is 2. The maximum atomic E-state index is 10.7. The Hall–Kier alpha value is -5.51. The van der Waals surface area contributed by atoms with E-state index in [0.29, 0.717) is 39.9 Å². The number of nitrogens with two attached hydrogens (primary N) is 1. The Bertz CT molecular complexity index is 1950. The molecule has 0 saturated carbocycles. The zero-order valence-electron chi connectivity index (χ0n) is 29.8. The number of nitrogens with zero attached hydrogens (tertiary/aromatic N) is 11. The zero-order valence-corrected chi connectivity index (χ0v) is 30.6. The summed E-state index contributed by atoms with van der Waals surface area (Å²) in [5, 5.41) is 19.1. The Kier molecular flexibility index (Phi) is 20.7. The number of nitro benzene ring substituents is 1. The second kappa shape index (κ2) is 23.1. The highest BCUT2D eigenvalue weighted by atomic mass is 32.2. The van der Waals surface area contributed by atoms with Crippen LogP contribution in [0.5, 0.6) is 0 Å². The van der Waals surface area contributed by atoms with E-state index in [1.54, 1.807) is 24.5 Å². The van der Waals surface area contributed by atoms with Gasteiger partial charge in [-0.2, -0.15) is 0 Å². The van der Waals surface area contributed by atoms with Gasteiger partial charge in [0.05, 0.1) is 4.92 Å². The molecule has 286 valence electrons. The molecule has 0 spiro atoms. The van der Waals surface area contributed by atoms with E-state index in [0.717, 1.165) is 58.4 Å². The van der Waals surface area contributed by atoms with Crippen molar-refractivity contribution in [1.29, 1.82) is 0 Å². The minimum Gasteiger partial charge on any atom is -0.411 e. The van der Waals surface area contributed by atoms with Gasteiger partial charge >= 0.3 is 0 Å². The third-order valence-corrected chi connectivity index (χ3v) is 7.31. The molecule has 0 radical (unpaired) electrons. The van der Waals surface area contributed by atoms with Crippen molar-refractivity contribution in [3.05, 3.63) is 87.1 Å². The van der Waals surface area contributed by atoms with Gasteiger partial charge in [0.15, 0.2) is 11.6 Å². The molecule has 5 rings (SSSR count). The second-order valence-electron chi connectivity index (χ2n) is 11.2. The molecule has 4 heterocycles. The number of benzene rings is 1.